The molecule has 1 aromatic heterocycles. The predicted octanol–water partition coefficient (Wildman–Crippen LogP) is 5.02. The maximum atomic E-state index is 9.46. The largest absolute Gasteiger partial charge is 0.508 e. The van der Waals surface area contributed by atoms with Crippen LogP contribution in [0.5, 0.6) is 11.5 Å². The summed E-state index contributed by atoms with van der Waals surface area (Å²) in [5.74, 6) is 2.73. The molecule has 0 saturated carbocycles. The van der Waals surface area contributed by atoms with Crippen molar-refractivity contribution in [3.8, 4) is 22.9 Å². The lowest BCUT2D eigenvalue weighted by molar-refractivity contribution is 0.320. The Balaban J connectivity index is 1.43. The van der Waals surface area contributed by atoms with Gasteiger partial charge in [-0.1, -0.05) is 19.9 Å². The fraction of sp³-hybridized carbons (Fsp3) is 0.348. The highest BCUT2D eigenvalue weighted by Crippen LogP contribution is 2.34. The molecule has 4 rings (SSSR count). The van der Waals surface area contributed by atoms with Gasteiger partial charge in [-0.25, -0.2) is 4.98 Å². The number of imidazole rings is 1. The van der Waals surface area contributed by atoms with Crippen LogP contribution >= 0.6 is 0 Å². The van der Waals surface area contributed by atoms with Crippen LogP contribution in [0.25, 0.3) is 11.4 Å². The number of phenolic OH excluding ortho intramolecular Hbond substituents is 1. The summed E-state index contributed by atoms with van der Waals surface area (Å²) in [6.45, 7) is 5.03. The maximum absolute atomic E-state index is 9.46. The van der Waals surface area contributed by atoms with E-state index in [0.29, 0.717) is 12.5 Å². The molecule has 1 heterocycles. The first kappa shape index (κ1) is 17.7. The molecule has 2 N–H and O–H groups in total. The molecule has 0 amide bonds. The van der Waals surface area contributed by atoms with Crippen LogP contribution in [-0.2, 0) is 19.3 Å². The Hall–Kier alpha value is -2.75. The zero-order valence-electron chi connectivity index (χ0n) is 16.0. The SMILES string of the molecule is CCc1nc(-c2ccc(O)cc2)[nH]c1CCOc1ccc2c(c1)CC[C@H]2C. The smallest absolute Gasteiger partial charge is 0.137 e. The number of hydrogen-bond donors (Lipinski definition) is 2. The number of aromatic hydroxyl groups is 1. The number of H-pyrrole nitrogens is 1. The quantitative estimate of drug-likeness (QED) is 0.647. The third-order valence-corrected chi connectivity index (χ3v) is 5.45. The number of ether oxygens (including phenoxy) is 1. The molecule has 4 heteroatoms. The summed E-state index contributed by atoms with van der Waals surface area (Å²) in [6, 6.07) is 13.6. The van der Waals surface area contributed by atoms with Gasteiger partial charge < -0.3 is 14.8 Å². The summed E-state index contributed by atoms with van der Waals surface area (Å²) in [4.78, 5) is 8.15. The Kier molecular flexibility index (Phi) is 4.88. The van der Waals surface area contributed by atoms with Crippen molar-refractivity contribution in [3.05, 3.63) is 65.0 Å². The monoisotopic (exact) mass is 362 g/mol. The molecule has 4 nitrogen and oxygen atoms in total. The van der Waals surface area contributed by atoms with E-state index >= 15 is 0 Å². The highest BCUT2D eigenvalue weighted by atomic mass is 16.5. The predicted molar refractivity (Wildman–Crippen MR) is 107 cm³/mol. The summed E-state index contributed by atoms with van der Waals surface area (Å²) in [5.41, 5.74) is 6.08. The van der Waals surface area contributed by atoms with Crippen molar-refractivity contribution in [1.82, 2.24) is 9.97 Å². The van der Waals surface area contributed by atoms with Gasteiger partial charge in [0, 0.05) is 17.7 Å². The zero-order chi connectivity index (χ0) is 18.8. The Morgan fingerprint density at radius 2 is 2.00 bits per heavy atom. The average Bonchev–Trinajstić information content (AvgIpc) is 3.26. The third-order valence-electron chi connectivity index (χ3n) is 5.45. The number of aromatic nitrogens is 2. The number of nitrogens with zero attached hydrogens (tertiary/aromatic N) is 1. The zero-order valence-corrected chi connectivity index (χ0v) is 16.0. The fourth-order valence-corrected chi connectivity index (χ4v) is 3.87. The summed E-state index contributed by atoms with van der Waals surface area (Å²) >= 11 is 0. The minimum absolute atomic E-state index is 0.262. The van der Waals surface area contributed by atoms with Crippen LogP contribution in [0.1, 0.15) is 48.7 Å². The minimum Gasteiger partial charge on any atom is -0.508 e. The lowest BCUT2D eigenvalue weighted by atomic mass is 10.0. The molecule has 0 bridgehead atoms. The average molecular weight is 362 g/mol. The first-order chi connectivity index (χ1) is 13.1. The number of rotatable bonds is 6. The van der Waals surface area contributed by atoms with Crippen molar-refractivity contribution < 1.29 is 9.84 Å². The molecule has 0 spiro atoms. The number of phenols is 1. The molecule has 0 unspecified atom stereocenters. The number of fused-ring (bicyclic) bond motifs is 1. The molecule has 0 aliphatic heterocycles. The molecule has 3 aromatic rings. The molecule has 27 heavy (non-hydrogen) atoms. The third kappa shape index (κ3) is 3.70. The van der Waals surface area contributed by atoms with E-state index in [9.17, 15) is 5.11 Å². The van der Waals surface area contributed by atoms with E-state index in [4.69, 9.17) is 9.72 Å². The van der Waals surface area contributed by atoms with Crippen molar-refractivity contribution in [1.29, 1.82) is 0 Å². The summed E-state index contributed by atoms with van der Waals surface area (Å²) < 4.78 is 6.02. The second-order valence-corrected chi connectivity index (χ2v) is 7.31. The number of aromatic amines is 1. The molecule has 0 saturated heterocycles. The summed E-state index contributed by atoms with van der Waals surface area (Å²) in [6.07, 6.45) is 4.07. The normalized spacial score (nSPS) is 15.7. The van der Waals surface area contributed by atoms with Crippen molar-refractivity contribution in [3.63, 3.8) is 0 Å². The van der Waals surface area contributed by atoms with Gasteiger partial charge in [-0.3, -0.25) is 0 Å². The van der Waals surface area contributed by atoms with Gasteiger partial charge in [0.25, 0.3) is 0 Å². The van der Waals surface area contributed by atoms with Gasteiger partial charge in [-0.15, -0.1) is 0 Å². The van der Waals surface area contributed by atoms with Gasteiger partial charge in [-0.05, 0) is 72.7 Å². The van der Waals surface area contributed by atoms with Crippen LogP contribution in [0.15, 0.2) is 42.5 Å². The van der Waals surface area contributed by atoms with Crippen LogP contribution in [0.2, 0.25) is 0 Å². The van der Waals surface area contributed by atoms with E-state index in [1.807, 2.05) is 12.1 Å². The van der Waals surface area contributed by atoms with Gasteiger partial charge in [-0.2, -0.15) is 0 Å². The van der Waals surface area contributed by atoms with Crippen molar-refractivity contribution in [2.75, 3.05) is 6.61 Å². The van der Waals surface area contributed by atoms with E-state index in [1.54, 1.807) is 12.1 Å². The fourth-order valence-electron chi connectivity index (χ4n) is 3.87. The molecule has 1 atom stereocenters. The molecule has 2 aromatic carbocycles. The summed E-state index contributed by atoms with van der Waals surface area (Å²) in [5, 5.41) is 9.46. The lowest BCUT2D eigenvalue weighted by Crippen LogP contribution is -2.04. The van der Waals surface area contributed by atoms with Gasteiger partial charge in [0.2, 0.25) is 0 Å². The Morgan fingerprint density at radius 3 is 2.78 bits per heavy atom. The van der Waals surface area contributed by atoms with Gasteiger partial charge in [0.05, 0.1) is 12.3 Å². The number of benzene rings is 2. The molecular weight excluding hydrogens is 336 g/mol. The van der Waals surface area contributed by atoms with Crippen LogP contribution in [-0.4, -0.2) is 21.7 Å². The Labute approximate surface area is 160 Å². The highest BCUT2D eigenvalue weighted by Gasteiger charge is 2.18. The summed E-state index contributed by atoms with van der Waals surface area (Å²) in [7, 11) is 0. The van der Waals surface area contributed by atoms with Crippen molar-refractivity contribution in [2.24, 2.45) is 0 Å². The number of hydrogen-bond acceptors (Lipinski definition) is 3. The van der Waals surface area contributed by atoms with Crippen molar-refractivity contribution in [2.45, 2.75) is 45.4 Å². The van der Waals surface area contributed by atoms with Gasteiger partial charge in [0.15, 0.2) is 0 Å². The minimum atomic E-state index is 0.262. The van der Waals surface area contributed by atoms with Crippen LogP contribution < -0.4 is 4.74 Å². The molecule has 0 fully saturated rings. The molecular formula is C23H26N2O2. The number of nitrogens with one attached hydrogen (secondary N) is 1. The van der Waals surface area contributed by atoms with Gasteiger partial charge in [0.1, 0.15) is 17.3 Å². The molecule has 140 valence electrons. The van der Waals surface area contributed by atoms with Crippen LogP contribution in [0.3, 0.4) is 0 Å². The second kappa shape index (κ2) is 7.47. The second-order valence-electron chi connectivity index (χ2n) is 7.31. The van der Waals surface area contributed by atoms with E-state index < -0.39 is 0 Å². The Morgan fingerprint density at radius 1 is 1.19 bits per heavy atom. The first-order valence-electron chi connectivity index (χ1n) is 9.77. The topological polar surface area (TPSA) is 58.1 Å². The van der Waals surface area contributed by atoms with E-state index in [2.05, 4.69) is 37.0 Å². The lowest BCUT2D eigenvalue weighted by Gasteiger charge is -2.09. The first-order valence-corrected chi connectivity index (χ1v) is 9.77. The molecule has 1 aliphatic rings. The van der Waals surface area contributed by atoms with Crippen LogP contribution in [0, 0.1) is 0 Å². The van der Waals surface area contributed by atoms with Crippen molar-refractivity contribution >= 4 is 0 Å². The maximum Gasteiger partial charge on any atom is 0.137 e. The molecule has 0 radical (unpaired) electrons. The highest BCUT2D eigenvalue weighted by molar-refractivity contribution is 5.57. The van der Waals surface area contributed by atoms with Crippen LogP contribution in [0.4, 0.5) is 0 Å². The van der Waals surface area contributed by atoms with E-state index in [-0.39, 0.29) is 5.75 Å². The standard InChI is InChI=1S/C23H26N2O2/c1-3-21-22(25-23(24-21)16-6-8-18(26)9-7-16)12-13-27-19-10-11-20-15(2)4-5-17(20)14-19/h6-11,14-15,26H,3-5,12-13H2,1-2H3,(H,24,25)/t15-/m1/s1. The Bertz CT molecular complexity index is 928. The van der Waals surface area contributed by atoms with Gasteiger partial charge >= 0.3 is 0 Å². The van der Waals surface area contributed by atoms with E-state index in [1.165, 1.54) is 17.5 Å². The number of aryl methyl sites for hydroxylation is 2. The molecule has 1 aliphatic carbocycles. The van der Waals surface area contributed by atoms with E-state index in [0.717, 1.165) is 47.8 Å².